The summed E-state index contributed by atoms with van der Waals surface area (Å²) in [5.74, 6) is 1.58. The summed E-state index contributed by atoms with van der Waals surface area (Å²) in [6.07, 6.45) is 6.11. The van der Waals surface area contributed by atoms with Crippen LogP contribution in [-0.4, -0.2) is 22.4 Å². The van der Waals surface area contributed by atoms with Gasteiger partial charge in [-0.15, -0.1) is 0 Å². The Kier molecular flexibility index (Phi) is 2.68. The van der Waals surface area contributed by atoms with E-state index < -0.39 is 5.60 Å². The molecular weight excluding hydrogens is 228 g/mol. The molecule has 0 unspecified atom stereocenters. The summed E-state index contributed by atoms with van der Waals surface area (Å²) >= 11 is 0. The lowest BCUT2D eigenvalue weighted by Gasteiger charge is -2.47. The van der Waals surface area contributed by atoms with Gasteiger partial charge in [-0.2, -0.15) is 0 Å². The number of fused-ring (bicyclic) bond motifs is 2. The molecule has 1 saturated heterocycles. The van der Waals surface area contributed by atoms with Crippen molar-refractivity contribution in [2.75, 3.05) is 0 Å². The standard InChI is InChI=1S/C15H24O3/c1-9(2)15(16)8-7-14(4)11-6-5-10(3)12(11)13(15)17-18-14/h7-13,16H,5-6H2,1-4H3/t10-,11+,12-,13-,14-,15+/m1/s1. The number of hydrogen-bond acceptors (Lipinski definition) is 3. The molecule has 102 valence electrons. The van der Waals surface area contributed by atoms with Crippen molar-refractivity contribution in [3.8, 4) is 0 Å². The van der Waals surface area contributed by atoms with E-state index in [1.54, 1.807) is 0 Å². The first-order valence-corrected chi connectivity index (χ1v) is 7.16. The van der Waals surface area contributed by atoms with Gasteiger partial charge in [0.25, 0.3) is 0 Å². The predicted molar refractivity (Wildman–Crippen MR) is 68.7 cm³/mol. The van der Waals surface area contributed by atoms with E-state index in [1.165, 1.54) is 12.8 Å². The second-order valence-electron chi connectivity index (χ2n) is 6.90. The third-order valence-electron chi connectivity index (χ3n) is 5.53. The van der Waals surface area contributed by atoms with E-state index in [0.29, 0.717) is 17.8 Å². The van der Waals surface area contributed by atoms with Crippen LogP contribution in [0.25, 0.3) is 0 Å². The molecule has 2 aliphatic heterocycles. The maximum atomic E-state index is 11.0. The van der Waals surface area contributed by atoms with E-state index in [0.717, 1.165) is 0 Å². The molecule has 1 N–H and O–H groups in total. The van der Waals surface area contributed by atoms with Gasteiger partial charge in [-0.1, -0.05) is 32.9 Å². The Balaban J connectivity index is 2.08. The Labute approximate surface area is 109 Å². The minimum absolute atomic E-state index is 0.122. The van der Waals surface area contributed by atoms with Gasteiger partial charge >= 0.3 is 0 Å². The minimum Gasteiger partial charge on any atom is -0.383 e. The zero-order valence-corrected chi connectivity index (χ0v) is 11.7. The van der Waals surface area contributed by atoms with Gasteiger partial charge in [0.05, 0.1) is 0 Å². The van der Waals surface area contributed by atoms with E-state index in [-0.39, 0.29) is 17.6 Å². The molecule has 2 heterocycles. The summed E-state index contributed by atoms with van der Waals surface area (Å²) in [5, 5.41) is 11.0. The first-order chi connectivity index (χ1) is 8.38. The molecule has 0 aromatic carbocycles. The number of rotatable bonds is 1. The first-order valence-electron chi connectivity index (χ1n) is 7.16. The molecule has 3 heteroatoms. The summed E-state index contributed by atoms with van der Waals surface area (Å²) in [6.45, 7) is 8.45. The molecular formula is C15H24O3. The van der Waals surface area contributed by atoms with Crippen molar-refractivity contribution in [3.63, 3.8) is 0 Å². The van der Waals surface area contributed by atoms with Crippen LogP contribution < -0.4 is 0 Å². The molecule has 0 aromatic heterocycles. The number of aliphatic hydroxyl groups is 1. The molecule has 0 aromatic rings. The highest BCUT2D eigenvalue weighted by atomic mass is 17.2. The fourth-order valence-corrected chi connectivity index (χ4v) is 4.13. The summed E-state index contributed by atoms with van der Waals surface area (Å²) in [7, 11) is 0. The Morgan fingerprint density at radius 1 is 1.28 bits per heavy atom. The van der Waals surface area contributed by atoms with Crippen LogP contribution in [0, 0.1) is 23.7 Å². The Hall–Kier alpha value is -0.380. The van der Waals surface area contributed by atoms with Crippen molar-refractivity contribution < 1.29 is 14.9 Å². The third kappa shape index (κ3) is 1.47. The molecule has 4 aliphatic rings. The van der Waals surface area contributed by atoms with Gasteiger partial charge in [0.1, 0.15) is 17.3 Å². The molecule has 2 bridgehead atoms. The van der Waals surface area contributed by atoms with Gasteiger partial charge in [-0.05, 0) is 37.5 Å². The molecule has 6 atom stereocenters. The lowest BCUT2D eigenvalue weighted by Crippen LogP contribution is -2.56. The predicted octanol–water partition coefficient (Wildman–Crippen LogP) is 2.69. The van der Waals surface area contributed by atoms with Crippen molar-refractivity contribution in [2.45, 2.75) is 57.8 Å². The van der Waals surface area contributed by atoms with Gasteiger partial charge in [0, 0.05) is 5.92 Å². The highest BCUT2D eigenvalue weighted by molar-refractivity contribution is 5.22. The fraction of sp³-hybridized carbons (Fsp3) is 0.867. The minimum atomic E-state index is -0.907. The molecule has 0 spiro atoms. The van der Waals surface area contributed by atoms with E-state index in [9.17, 15) is 5.11 Å². The third-order valence-corrected chi connectivity index (χ3v) is 5.53. The topological polar surface area (TPSA) is 38.7 Å². The second kappa shape index (κ2) is 3.81. The molecule has 1 saturated carbocycles. The van der Waals surface area contributed by atoms with E-state index >= 15 is 0 Å². The van der Waals surface area contributed by atoms with Crippen LogP contribution in [0.2, 0.25) is 0 Å². The SMILES string of the molecule is CC(C)[C@@]1(O)C=C[C@@]2(C)OO[C@@H]1[C@@H]1[C@H](C)CC[C@@H]12. The summed E-state index contributed by atoms with van der Waals surface area (Å²) in [4.78, 5) is 11.3. The molecule has 2 aliphatic carbocycles. The van der Waals surface area contributed by atoms with Crippen LogP contribution in [-0.2, 0) is 9.78 Å². The van der Waals surface area contributed by atoms with Crippen LogP contribution >= 0.6 is 0 Å². The van der Waals surface area contributed by atoms with Crippen molar-refractivity contribution in [3.05, 3.63) is 12.2 Å². The Bertz CT molecular complexity index is 378. The van der Waals surface area contributed by atoms with Gasteiger partial charge in [0.15, 0.2) is 0 Å². The summed E-state index contributed by atoms with van der Waals surface area (Å²) < 4.78 is 0. The normalized spacial score (nSPS) is 54.8. The van der Waals surface area contributed by atoms with Crippen LogP contribution in [0.1, 0.15) is 40.5 Å². The van der Waals surface area contributed by atoms with Crippen molar-refractivity contribution >= 4 is 0 Å². The Morgan fingerprint density at radius 3 is 2.67 bits per heavy atom. The van der Waals surface area contributed by atoms with Gasteiger partial charge in [0.2, 0.25) is 0 Å². The average Bonchev–Trinajstić information content (AvgIpc) is 2.61. The highest BCUT2D eigenvalue weighted by Crippen LogP contribution is 2.55. The van der Waals surface area contributed by atoms with Gasteiger partial charge < -0.3 is 5.11 Å². The lowest BCUT2D eigenvalue weighted by molar-refractivity contribution is -0.434. The van der Waals surface area contributed by atoms with Crippen LogP contribution in [0.15, 0.2) is 12.2 Å². The monoisotopic (exact) mass is 252 g/mol. The first kappa shape index (κ1) is 12.6. The largest absolute Gasteiger partial charge is 0.383 e. The van der Waals surface area contributed by atoms with Crippen molar-refractivity contribution in [2.24, 2.45) is 23.7 Å². The molecule has 0 radical (unpaired) electrons. The summed E-state index contributed by atoms with van der Waals surface area (Å²) in [6, 6.07) is 0. The number of hydrogen-bond donors (Lipinski definition) is 1. The van der Waals surface area contributed by atoms with Crippen molar-refractivity contribution in [1.29, 1.82) is 0 Å². The maximum Gasteiger partial charge on any atom is 0.129 e. The highest BCUT2D eigenvalue weighted by Gasteiger charge is 2.60. The van der Waals surface area contributed by atoms with Gasteiger partial charge in [-0.25, -0.2) is 9.78 Å². The molecule has 0 amide bonds. The Morgan fingerprint density at radius 2 is 2.00 bits per heavy atom. The molecule has 3 nitrogen and oxygen atoms in total. The summed E-state index contributed by atoms with van der Waals surface area (Å²) in [5.41, 5.74) is -1.28. The molecule has 4 rings (SSSR count). The zero-order valence-electron chi connectivity index (χ0n) is 11.7. The van der Waals surface area contributed by atoms with Gasteiger partial charge in [-0.3, -0.25) is 0 Å². The molecule has 2 fully saturated rings. The maximum absolute atomic E-state index is 11.0. The molecule has 18 heavy (non-hydrogen) atoms. The lowest BCUT2D eigenvalue weighted by atomic mass is 9.72. The smallest absolute Gasteiger partial charge is 0.129 e. The van der Waals surface area contributed by atoms with Crippen LogP contribution in [0.4, 0.5) is 0 Å². The second-order valence-corrected chi connectivity index (χ2v) is 6.90. The van der Waals surface area contributed by atoms with Crippen LogP contribution in [0.5, 0.6) is 0 Å². The average molecular weight is 252 g/mol. The fourth-order valence-electron chi connectivity index (χ4n) is 4.13. The quantitative estimate of drug-likeness (QED) is 0.576. The van der Waals surface area contributed by atoms with E-state index in [1.807, 2.05) is 26.0 Å². The van der Waals surface area contributed by atoms with Crippen LogP contribution in [0.3, 0.4) is 0 Å². The van der Waals surface area contributed by atoms with E-state index in [4.69, 9.17) is 9.78 Å². The zero-order chi connectivity index (χ0) is 13.1. The van der Waals surface area contributed by atoms with Crippen molar-refractivity contribution in [1.82, 2.24) is 0 Å². The van der Waals surface area contributed by atoms with E-state index in [2.05, 4.69) is 13.8 Å².